The summed E-state index contributed by atoms with van der Waals surface area (Å²) in [4.78, 5) is 14.5. The number of anilines is 2. The number of nitrogens with one attached hydrogen (secondary N) is 1. The summed E-state index contributed by atoms with van der Waals surface area (Å²) in [5.41, 5.74) is 2.13. The van der Waals surface area contributed by atoms with Gasteiger partial charge < -0.3 is 10.2 Å². The number of hydrogen-bond acceptors (Lipinski definition) is 4. The molecular formula is C18H21BrN4O. The van der Waals surface area contributed by atoms with Crippen LogP contribution < -0.4 is 10.2 Å². The Kier molecular flexibility index (Phi) is 5.14. The van der Waals surface area contributed by atoms with E-state index < -0.39 is 0 Å². The summed E-state index contributed by atoms with van der Waals surface area (Å²) >= 11 is 3.45. The van der Waals surface area contributed by atoms with Crippen LogP contribution >= 0.6 is 15.9 Å². The summed E-state index contributed by atoms with van der Waals surface area (Å²) in [6, 6.07) is 9.30. The highest BCUT2D eigenvalue weighted by atomic mass is 79.9. The summed E-state index contributed by atoms with van der Waals surface area (Å²) in [5, 5.41) is 11.2. The lowest BCUT2D eigenvalue weighted by atomic mass is 9.99. The third kappa shape index (κ3) is 3.93. The number of aryl methyl sites for hydroxylation is 1. The van der Waals surface area contributed by atoms with Crippen molar-refractivity contribution in [1.82, 2.24) is 10.2 Å². The fourth-order valence-corrected chi connectivity index (χ4v) is 3.02. The van der Waals surface area contributed by atoms with Gasteiger partial charge in [-0.05, 0) is 61.6 Å². The minimum Gasteiger partial charge on any atom is -0.355 e. The molecule has 0 spiro atoms. The Morgan fingerprint density at radius 1 is 1.21 bits per heavy atom. The first-order chi connectivity index (χ1) is 11.5. The molecule has 0 saturated carbocycles. The van der Waals surface area contributed by atoms with Gasteiger partial charge in [0.2, 0.25) is 0 Å². The minimum atomic E-state index is -0.247. The summed E-state index contributed by atoms with van der Waals surface area (Å²) in [7, 11) is 0. The second kappa shape index (κ2) is 7.30. The van der Waals surface area contributed by atoms with Crippen molar-refractivity contribution in [3.05, 3.63) is 46.1 Å². The molecule has 0 unspecified atom stereocenters. The van der Waals surface area contributed by atoms with Gasteiger partial charge in [0.05, 0.1) is 0 Å². The first kappa shape index (κ1) is 16.9. The van der Waals surface area contributed by atoms with Crippen LogP contribution in [0.1, 0.15) is 35.8 Å². The van der Waals surface area contributed by atoms with Gasteiger partial charge in [0.15, 0.2) is 11.5 Å². The van der Waals surface area contributed by atoms with Crippen molar-refractivity contribution in [2.24, 2.45) is 5.92 Å². The molecule has 1 fully saturated rings. The molecule has 1 saturated heterocycles. The second-order valence-corrected chi connectivity index (χ2v) is 7.22. The molecule has 1 N–H and O–H groups in total. The minimum absolute atomic E-state index is 0.247. The average Bonchev–Trinajstić information content (AvgIpc) is 2.59. The molecule has 1 aromatic heterocycles. The molecule has 2 heterocycles. The number of carbonyl (C=O) groups is 1. The zero-order chi connectivity index (χ0) is 17.1. The largest absolute Gasteiger partial charge is 0.355 e. The van der Waals surface area contributed by atoms with Crippen LogP contribution in [0.5, 0.6) is 0 Å². The standard InChI is InChI=1S/C18H21BrN4O/c1-12-7-9-23(10-8-12)17-6-5-16(21-22-17)18(24)20-14-3-4-15(19)13(2)11-14/h3-6,11-12H,7-10H2,1-2H3,(H,20,24). The normalized spacial score (nSPS) is 15.4. The maximum Gasteiger partial charge on any atom is 0.276 e. The van der Waals surface area contributed by atoms with Gasteiger partial charge in [0.25, 0.3) is 5.91 Å². The van der Waals surface area contributed by atoms with Crippen LogP contribution in [-0.2, 0) is 0 Å². The van der Waals surface area contributed by atoms with E-state index in [1.54, 1.807) is 6.07 Å². The van der Waals surface area contributed by atoms with E-state index in [4.69, 9.17) is 0 Å². The van der Waals surface area contributed by atoms with E-state index in [-0.39, 0.29) is 5.91 Å². The fraction of sp³-hybridized carbons (Fsp3) is 0.389. The van der Waals surface area contributed by atoms with Gasteiger partial charge in [-0.2, -0.15) is 0 Å². The Hall–Kier alpha value is -1.95. The molecule has 0 bridgehead atoms. The Balaban J connectivity index is 1.66. The van der Waals surface area contributed by atoms with E-state index in [2.05, 4.69) is 43.3 Å². The Bertz CT molecular complexity index is 724. The SMILES string of the molecule is Cc1cc(NC(=O)c2ccc(N3CCC(C)CC3)nn2)ccc1Br. The molecule has 126 valence electrons. The smallest absolute Gasteiger partial charge is 0.276 e. The average molecular weight is 389 g/mol. The Morgan fingerprint density at radius 2 is 1.96 bits per heavy atom. The van der Waals surface area contributed by atoms with Crippen LogP contribution in [0.25, 0.3) is 0 Å². The van der Waals surface area contributed by atoms with Gasteiger partial charge in [-0.25, -0.2) is 0 Å². The third-order valence-corrected chi connectivity index (χ3v) is 5.30. The van der Waals surface area contributed by atoms with Gasteiger partial charge in [-0.15, -0.1) is 10.2 Å². The van der Waals surface area contributed by atoms with E-state index in [0.29, 0.717) is 5.69 Å². The molecule has 0 aliphatic carbocycles. The van der Waals surface area contributed by atoms with Crippen molar-refractivity contribution in [1.29, 1.82) is 0 Å². The highest BCUT2D eigenvalue weighted by Crippen LogP contribution is 2.22. The lowest BCUT2D eigenvalue weighted by Crippen LogP contribution is -2.33. The first-order valence-electron chi connectivity index (χ1n) is 8.19. The molecule has 6 heteroatoms. The zero-order valence-corrected chi connectivity index (χ0v) is 15.5. The number of amides is 1. The number of halogens is 1. The maximum atomic E-state index is 12.3. The molecule has 24 heavy (non-hydrogen) atoms. The van der Waals surface area contributed by atoms with E-state index in [1.807, 2.05) is 31.2 Å². The van der Waals surface area contributed by atoms with Gasteiger partial charge in [-0.3, -0.25) is 4.79 Å². The number of nitrogens with zero attached hydrogens (tertiary/aromatic N) is 3. The topological polar surface area (TPSA) is 58.1 Å². The molecule has 1 aromatic carbocycles. The summed E-state index contributed by atoms with van der Waals surface area (Å²) in [5.74, 6) is 1.37. The molecular weight excluding hydrogens is 368 g/mol. The molecule has 2 aromatic rings. The van der Waals surface area contributed by atoms with Crippen LogP contribution in [0.2, 0.25) is 0 Å². The summed E-state index contributed by atoms with van der Waals surface area (Å²) in [6.45, 7) is 6.26. The quantitative estimate of drug-likeness (QED) is 0.861. The van der Waals surface area contributed by atoms with Crippen LogP contribution in [0.3, 0.4) is 0 Å². The van der Waals surface area contributed by atoms with Crippen molar-refractivity contribution < 1.29 is 4.79 Å². The van der Waals surface area contributed by atoms with Crippen LogP contribution in [-0.4, -0.2) is 29.2 Å². The van der Waals surface area contributed by atoms with E-state index in [9.17, 15) is 4.79 Å². The summed E-state index contributed by atoms with van der Waals surface area (Å²) in [6.07, 6.45) is 2.35. The molecule has 3 rings (SSSR count). The molecule has 1 aliphatic rings. The number of rotatable bonds is 3. The lowest BCUT2D eigenvalue weighted by molar-refractivity contribution is 0.102. The van der Waals surface area contributed by atoms with Crippen LogP contribution in [0.4, 0.5) is 11.5 Å². The predicted molar refractivity (Wildman–Crippen MR) is 99.5 cm³/mol. The van der Waals surface area contributed by atoms with Crippen molar-refractivity contribution in [2.75, 3.05) is 23.3 Å². The summed E-state index contributed by atoms with van der Waals surface area (Å²) < 4.78 is 1.01. The third-order valence-electron chi connectivity index (χ3n) is 4.41. The fourth-order valence-electron chi connectivity index (χ4n) is 2.77. The number of benzene rings is 1. The van der Waals surface area contributed by atoms with Crippen molar-refractivity contribution in [3.63, 3.8) is 0 Å². The number of hydrogen-bond donors (Lipinski definition) is 1. The van der Waals surface area contributed by atoms with Crippen molar-refractivity contribution >= 4 is 33.3 Å². The van der Waals surface area contributed by atoms with Crippen LogP contribution in [0.15, 0.2) is 34.8 Å². The molecule has 0 radical (unpaired) electrons. The first-order valence-corrected chi connectivity index (χ1v) is 8.98. The predicted octanol–water partition coefficient (Wildman–Crippen LogP) is 4.04. The second-order valence-electron chi connectivity index (χ2n) is 6.36. The lowest BCUT2D eigenvalue weighted by Gasteiger charge is -2.30. The number of piperidine rings is 1. The van der Waals surface area contributed by atoms with E-state index in [0.717, 1.165) is 40.5 Å². The zero-order valence-electron chi connectivity index (χ0n) is 13.9. The van der Waals surface area contributed by atoms with E-state index in [1.165, 1.54) is 12.8 Å². The molecule has 5 nitrogen and oxygen atoms in total. The Morgan fingerprint density at radius 3 is 2.58 bits per heavy atom. The molecule has 1 amide bonds. The maximum absolute atomic E-state index is 12.3. The monoisotopic (exact) mass is 388 g/mol. The Labute approximate surface area is 150 Å². The van der Waals surface area contributed by atoms with Crippen LogP contribution in [0, 0.1) is 12.8 Å². The van der Waals surface area contributed by atoms with Gasteiger partial charge >= 0.3 is 0 Å². The van der Waals surface area contributed by atoms with Gasteiger partial charge in [0.1, 0.15) is 0 Å². The van der Waals surface area contributed by atoms with Gasteiger partial charge in [-0.1, -0.05) is 22.9 Å². The van der Waals surface area contributed by atoms with Gasteiger partial charge in [0, 0.05) is 23.2 Å². The van der Waals surface area contributed by atoms with Crippen molar-refractivity contribution in [2.45, 2.75) is 26.7 Å². The van der Waals surface area contributed by atoms with Crippen molar-refractivity contribution in [3.8, 4) is 0 Å². The highest BCUT2D eigenvalue weighted by molar-refractivity contribution is 9.10. The molecule has 1 aliphatic heterocycles. The highest BCUT2D eigenvalue weighted by Gasteiger charge is 2.18. The number of aromatic nitrogens is 2. The van der Waals surface area contributed by atoms with E-state index >= 15 is 0 Å². The number of carbonyl (C=O) groups excluding carboxylic acids is 1. The molecule has 0 atom stereocenters.